The molecule has 3 atom stereocenters. The maximum atomic E-state index is 13.3. The third-order valence-electron chi connectivity index (χ3n) is 6.05. The van der Waals surface area contributed by atoms with E-state index >= 15 is 0 Å². The van der Waals surface area contributed by atoms with Crippen LogP contribution < -0.4 is 15.8 Å². The molecule has 5 rings (SSSR count). The highest BCUT2D eigenvalue weighted by molar-refractivity contribution is 7.20. The van der Waals surface area contributed by atoms with E-state index in [1.165, 1.54) is 41.9 Å². The van der Waals surface area contributed by atoms with Gasteiger partial charge >= 0.3 is 6.03 Å². The van der Waals surface area contributed by atoms with E-state index in [2.05, 4.69) is 27.3 Å². The van der Waals surface area contributed by atoms with E-state index in [1.54, 1.807) is 6.07 Å². The minimum Gasteiger partial charge on any atom is -0.431 e. The number of rotatable bonds is 5. The van der Waals surface area contributed by atoms with Gasteiger partial charge in [-0.05, 0) is 55.5 Å². The van der Waals surface area contributed by atoms with Crippen molar-refractivity contribution in [3.63, 3.8) is 0 Å². The summed E-state index contributed by atoms with van der Waals surface area (Å²) in [6.07, 6.45) is 4.25. The van der Waals surface area contributed by atoms with Gasteiger partial charge in [0.25, 0.3) is 5.19 Å². The summed E-state index contributed by atoms with van der Waals surface area (Å²) >= 11 is 1.40. The number of hydrogen-bond donors (Lipinski definition) is 2. The first-order valence-corrected chi connectivity index (χ1v) is 11.0. The highest BCUT2D eigenvalue weighted by Crippen LogP contribution is 2.37. The first kappa shape index (κ1) is 19.3. The van der Waals surface area contributed by atoms with Crippen molar-refractivity contribution < 1.29 is 13.9 Å². The van der Waals surface area contributed by atoms with E-state index in [4.69, 9.17) is 10.5 Å². The topological polar surface area (TPSA) is 80.5 Å². The molecule has 0 spiro atoms. The van der Waals surface area contributed by atoms with Gasteiger partial charge in [0, 0.05) is 30.7 Å². The molecule has 2 fully saturated rings. The van der Waals surface area contributed by atoms with Gasteiger partial charge in [0.1, 0.15) is 11.6 Å². The van der Waals surface area contributed by atoms with Crippen molar-refractivity contribution in [1.29, 1.82) is 0 Å². The third-order valence-corrected chi connectivity index (χ3v) is 6.97. The Kier molecular flexibility index (Phi) is 5.04. The van der Waals surface area contributed by atoms with Gasteiger partial charge in [0.2, 0.25) is 0 Å². The number of ether oxygens (including phenoxy) is 1. The summed E-state index contributed by atoms with van der Waals surface area (Å²) in [5, 5.41) is 3.39. The molecule has 2 bridgehead atoms. The number of carbonyl (C=O) groups is 1. The van der Waals surface area contributed by atoms with Crippen molar-refractivity contribution in [3.8, 4) is 10.9 Å². The standard InChI is InChI=1S/C22H23FN4O2S/c23-14-3-8-20-19(9-14)26-22(30-20)29-18-6-1-13(2-7-18)12-27-16-4-5-17(27)11-15(10-16)25-21(24)28/h1-3,6-9,15-17H,4-5,10-12H2,(H3,24,25,28)/t15-,16-,17+. The van der Waals surface area contributed by atoms with Gasteiger partial charge in [-0.2, -0.15) is 0 Å². The van der Waals surface area contributed by atoms with Crippen LogP contribution in [0.3, 0.4) is 0 Å². The van der Waals surface area contributed by atoms with Crippen LogP contribution in [0.15, 0.2) is 42.5 Å². The number of piperidine rings is 1. The molecule has 156 valence electrons. The molecule has 0 aliphatic carbocycles. The second kappa shape index (κ2) is 7.85. The number of fused-ring (bicyclic) bond motifs is 3. The normalized spacial score (nSPS) is 23.6. The van der Waals surface area contributed by atoms with Gasteiger partial charge in [-0.25, -0.2) is 14.2 Å². The monoisotopic (exact) mass is 426 g/mol. The van der Waals surface area contributed by atoms with E-state index in [0.717, 1.165) is 24.1 Å². The fourth-order valence-corrected chi connectivity index (χ4v) is 5.56. The van der Waals surface area contributed by atoms with Crippen molar-refractivity contribution in [3.05, 3.63) is 53.8 Å². The predicted octanol–water partition coefficient (Wildman–Crippen LogP) is 4.39. The van der Waals surface area contributed by atoms with Crippen LogP contribution in [-0.2, 0) is 6.54 Å². The molecular weight excluding hydrogens is 403 g/mol. The Morgan fingerprint density at radius 3 is 2.63 bits per heavy atom. The summed E-state index contributed by atoms with van der Waals surface area (Å²) in [5.74, 6) is 0.415. The Bertz CT molecular complexity index is 1060. The van der Waals surface area contributed by atoms with E-state index < -0.39 is 6.03 Å². The number of nitrogens with two attached hydrogens (primary N) is 1. The molecule has 0 saturated carbocycles. The van der Waals surface area contributed by atoms with Crippen LogP contribution in [-0.4, -0.2) is 34.0 Å². The average molecular weight is 427 g/mol. The maximum Gasteiger partial charge on any atom is 0.312 e. The van der Waals surface area contributed by atoms with Gasteiger partial charge in [-0.15, -0.1) is 0 Å². The van der Waals surface area contributed by atoms with Gasteiger partial charge in [-0.1, -0.05) is 23.5 Å². The Labute approximate surface area is 177 Å². The lowest BCUT2D eigenvalue weighted by Crippen LogP contribution is -2.51. The Morgan fingerprint density at radius 2 is 1.93 bits per heavy atom. The zero-order valence-electron chi connectivity index (χ0n) is 16.4. The fourth-order valence-electron chi connectivity index (χ4n) is 4.75. The number of halogens is 1. The molecule has 6 nitrogen and oxygen atoms in total. The van der Waals surface area contributed by atoms with E-state index in [9.17, 15) is 9.18 Å². The molecule has 30 heavy (non-hydrogen) atoms. The van der Waals surface area contributed by atoms with Gasteiger partial charge in [0.15, 0.2) is 0 Å². The quantitative estimate of drug-likeness (QED) is 0.634. The minimum atomic E-state index is -0.429. The Hall–Kier alpha value is -2.71. The number of primary amides is 1. The van der Waals surface area contributed by atoms with Crippen LogP contribution in [0.2, 0.25) is 0 Å². The Balaban J connectivity index is 1.23. The second-order valence-corrected chi connectivity index (χ2v) is 9.07. The van der Waals surface area contributed by atoms with Gasteiger partial charge in [0.05, 0.1) is 10.2 Å². The second-order valence-electron chi connectivity index (χ2n) is 8.07. The van der Waals surface area contributed by atoms with E-state index in [-0.39, 0.29) is 11.9 Å². The van der Waals surface area contributed by atoms with Crippen molar-refractivity contribution >= 4 is 27.6 Å². The smallest absolute Gasteiger partial charge is 0.312 e. The molecule has 2 saturated heterocycles. The minimum absolute atomic E-state index is 0.189. The van der Waals surface area contributed by atoms with Crippen molar-refractivity contribution in [2.24, 2.45) is 5.73 Å². The third kappa shape index (κ3) is 3.97. The number of aromatic nitrogens is 1. The molecule has 8 heteroatoms. The summed E-state index contributed by atoms with van der Waals surface area (Å²) in [6.45, 7) is 0.888. The lowest BCUT2D eigenvalue weighted by molar-refractivity contribution is 0.112. The summed E-state index contributed by atoms with van der Waals surface area (Å²) in [4.78, 5) is 18.1. The lowest BCUT2D eigenvalue weighted by Gasteiger charge is -2.39. The number of thiazole rings is 1. The van der Waals surface area contributed by atoms with Gasteiger partial charge < -0.3 is 15.8 Å². The maximum absolute atomic E-state index is 13.3. The number of hydrogen-bond acceptors (Lipinski definition) is 5. The van der Waals surface area contributed by atoms with Crippen LogP contribution in [0.5, 0.6) is 10.9 Å². The molecule has 2 amide bonds. The highest BCUT2D eigenvalue weighted by atomic mass is 32.1. The first-order valence-electron chi connectivity index (χ1n) is 10.2. The lowest BCUT2D eigenvalue weighted by atomic mass is 9.96. The van der Waals surface area contributed by atoms with Crippen molar-refractivity contribution in [1.82, 2.24) is 15.2 Å². The van der Waals surface area contributed by atoms with Crippen molar-refractivity contribution in [2.45, 2.75) is 50.4 Å². The van der Waals surface area contributed by atoms with E-state index in [1.807, 2.05) is 12.1 Å². The molecule has 2 aliphatic rings. The van der Waals surface area contributed by atoms with Crippen LogP contribution in [0.25, 0.3) is 10.2 Å². The van der Waals surface area contributed by atoms with Gasteiger partial charge in [-0.3, -0.25) is 4.90 Å². The fraction of sp³-hybridized carbons (Fsp3) is 0.364. The molecular formula is C22H23FN4O2S. The molecule has 2 aliphatic heterocycles. The van der Waals surface area contributed by atoms with Crippen molar-refractivity contribution in [2.75, 3.05) is 0 Å². The molecule has 3 aromatic rings. The van der Waals surface area contributed by atoms with Crippen LogP contribution >= 0.6 is 11.3 Å². The highest BCUT2D eigenvalue weighted by Gasteiger charge is 2.40. The zero-order valence-corrected chi connectivity index (χ0v) is 17.2. The Morgan fingerprint density at radius 1 is 1.20 bits per heavy atom. The number of urea groups is 1. The predicted molar refractivity (Wildman–Crippen MR) is 114 cm³/mol. The first-order chi connectivity index (χ1) is 14.5. The average Bonchev–Trinajstić information content (AvgIpc) is 3.19. The van der Waals surface area contributed by atoms with Crippen LogP contribution in [0.4, 0.5) is 9.18 Å². The SMILES string of the molecule is NC(=O)N[C@@H]1C[C@H]2CC[C@@H](C1)N2Cc1ccc(Oc2nc3cc(F)ccc3s2)cc1. The molecule has 0 unspecified atom stereocenters. The van der Waals surface area contributed by atoms with Crippen LogP contribution in [0.1, 0.15) is 31.2 Å². The number of nitrogens with zero attached hydrogens (tertiary/aromatic N) is 2. The number of carbonyl (C=O) groups excluding carboxylic acids is 1. The number of nitrogens with one attached hydrogen (secondary N) is 1. The zero-order chi connectivity index (χ0) is 20.7. The molecule has 3 N–H and O–H groups in total. The molecule has 3 heterocycles. The van der Waals surface area contributed by atoms with Crippen LogP contribution in [0, 0.1) is 5.82 Å². The van der Waals surface area contributed by atoms with E-state index in [0.29, 0.717) is 28.5 Å². The largest absolute Gasteiger partial charge is 0.431 e. The summed E-state index contributed by atoms with van der Waals surface area (Å²) in [7, 11) is 0. The molecule has 2 aromatic carbocycles. The number of benzene rings is 2. The molecule has 0 radical (unpaired) electrons. The number of amides is 2. The summed E-state index contributed by atoms with van der Waals surface area (Å²) in [6, 6.07) is 13.4. The summed E-state index contributed by atoms with van der Waals surface area (Å²) < 4.78 is 20.1. The summed E-state index contributed by atoms with van der Waals surface area (Å²) in [5.41, 5.74) is 7.13. The molecule has 1 aromatic heterocycles.